The topological polar surface area (TPSA) is 41.4 Å². The summed E-state index contributed by atoms with van der Waals surface area (Å²) < 4.78 is 15.1. The van der Waals surface area contributed by atoms with Gasteiger partial charge in [0.2, 0.25) is 0 Å². The number of aryl methyl sites for hydroxylation is 1. The van der Waals surface area contributed by atoms with E-state index in [0.29, 0.717) is 0 Å². The summed E-state index contributed by atoms with van der Waals surface area (Å²) in [5, 5.41) is 4.82. The largest absolute Gasteiger partial charge is 0.337 e. The zero-order valence-electron chi connectivity index (χ0n) is 17.4. The molecule has 0 saturated carbocycles. The van der Waals surface area contributed by atoms with Crippen molar-refractivity contribution in [1.29, 1.82) is 0 Å². The van der Waals surface area contributed by atoms with Gasteiger partial charge in [0.1, 0.15) is 11.5 Å². The van der Waals surface area contributed by atoms with Crippen molar-refractivity contribution in [3.8, 4) is 0 Å². The molecule has 156 valence electrons. The number of halogens is 1. The first kappa shape index (κ1) is 20.1. The van der Waals surface area contributed by atoms with E-state index in [-0.39, 0.29) is 11.7 Å². The molecule has 1 aromatic carbocycles. The Morgan fingerprint density at radius 1 is 1.07 bits per heavy atom. The maximum atomic E-state index is 13.4. The van der Waals surface area contributed by atoms with Crippen LogP contribution in [0.5, 0.6) is 0 Å². The van der Waals surface area contributed by atoms with Crippen LogP contribution in [0.1, 0.15) is 59.9 Å². The monoisotopic (exact) mass is 398 g/mol. The molecule has 1 saturated heterocycles. The van der Waals surface area contributed by atoms with Crippen molar-refractivity contribution in [2.24, 2.45) is 0 Å². The van der Waals surface area contributed by atoms with E-state index in [9.17, 15) is 9.18 Å². The zero-order valence-corrected chi connectivity index (χ0v) is 17.4. The molecule has 0 spiro atoms. The molecule has 3 heterocycles. The van der Waals surface area contributed by atoms with Gasteiger partial charge in [-0.2, -0.15) is 5.10 Å². The van der Waals surface area contributed by atoms with E-state index in [1.807, 2.05) is 21.7 Å². The normalized spacial score (nSPS) is 17.4. The van der Waals surface area contributed by atoms with Gasteiger partial charge >= 0.3 is 0 Å². The summed E-state index contributed by atoms with van der Waals surface area (Å²) in [5.41, 5.74) is 4.18. The second kappa shape index (κ2) is 9.08. The molecule has 1 aromatic heterocycles. The van der Waals surface area contributed by atoms with E-state index < -0.39 is 0 Å². The van der Waals surface area contributed by atoms with E-state index in [0.717, 1.165) is 93.9 Å². The van der Waals surface area contributed by atoms with Gasteiger partial charge in [-0.1, -0.05) is 19.1 Å². The fourth-order valence-electron chi connectivity index (χ4n) is 4.47. The first-order chi connectivity index (χ1) is 14.2. The number of nitrogens with zero attached hydrogens (tertiary/aromatic N) is 4. The number of likely N-dealkylation sites (tertiary alicyclic amines) is 1. The minimum Gasteiger partial charge on any atom is -0.337 e. The Bertz CT molecular complexity index is 839. The molecule has 0 aliphatic carbocycles. The first-order valence-corrected chi connectivity index (χ1v) is 11.0. The van der Waals surface area contributed by atoms with Crippen molar-refractivity contribution in [2.75, 3.05) is 26.2 Å². The van der Waals surface area contributed by atoms with Crippen molar-refractivity contribution in [1.82, 2.24) is 19.6 Å². The number of benzene rings is 1. The highest BCUT2D eigenvalue weighted by molar-refractivity contribution is 5.94. The van der Waals surface area contributed by atoms with E-state index in [1.54, 1.807) is 0 Å². The molecule has 4 rings (SSSR count). The van der Waals surface area contributed by atoms with Gasteiger partial charge in [0.05, 0.1) is 5.69 Å². The third-order valence-electron chi connectivity index (χ3n) is 6.09. The molecule has 2 aliphatic heterocycles. The Balaban J connectivity index is 1.51. The van der Waals surface area contributed by atoms with Crippen LogP contribution in [0.25, 0.3) is 0 Å². The maximum Gasteiger partial charge on any atom is 0.272 e. The van der Waals surface area contributed by atoms with Gasteiger partial charge in [-0.25, -0.2) is 4.39 Å². The average molecular weight is 399 g/mol. The fraction of sp³-hybridized carbons (Fsp3) is 0.565. The van der Waals surface area contributed by atoms with Crippen LogP contribution in [0.15, 0.2) is 24.3 Å². The predicted molar refractivity (Wildman–Crippen MR) is 111 cm³/mol. The fourth-order valence-corrected chi connectivity index (χ4v) is 4.47. The molecule has 6 heteroatoms. The van der Waals surface area contributed by atoms with Crippen LogP contribution < -0.4 is 0 Å². The number of carbonyl (C=O) groups is 1. The molecule has 0 radical (unpaired) electrons. The highest BCUT2D eigenvalue weighted by Gasteiger charge is 2.30. The van der Waals surface area contributed by atoms with Gasteiger partial charge in [0.15, 0.2) is 0 Å². The number of hydrogen-bond donors (Lipinski definition) is 0. The Morgan fingerprint density at radius 2 is 1.83 bits per heavy atom. The van der Waals surface area contributed by atoms with Gasteiger partial charge < -0.3 is 4.90 Å². The molecule has 29 heavy (non-hydrogen) atoms. The van der Waals surface area contributed by atoms with Crippen molar-refractivity contribution in [3.63, 3.8) is 0 Å². The number of amides is 1. The molecular formula is C23H31FN4O. The maximum absolute atomic E-state index is 13.4. The summed E-state index contributed by atoms with van der Waals surface area (Å²) in [6, 6.07) is 6.76. The highest BCUT2D eigenvalue weighted by Crippen LogP contribution is 2.25. The predicted octanol–water partition coefficient (Wildman–Crippen LogP) is 3.66. The summed E-state index contributed by atoms with van der Waals surface area (Å²) in [7, 11) is 0. The summed E-state index contributed by atoms with van der Waals surface area (Å²) in [6.07, 6.45) is 6.14. The summed E-state index contributed by atoms with van der Waals surface area (Å²) in [4.78, 5) is 17.8. The molecule has 0 bridgehead atoms. The SMILES string of the molecule is CCCn1nc2c(c1C(=O)N1CCCCC1)CN(CCc1ccc(F)cc1)CC2. The minimum absolute atomic E-state index is 0.160. The Kier molecular flexibility index (Phi) is 6.28. The number of fused-ring (bicyclic) bond motifs is 1. The van der Waals surface area contributed by atoms with Gasteiger partial charge in [-0.15, -0.1) is 0 Å². The third-order valence-corrected chi connectivity index (χ3v) is 6.09. The Labute approximate surface area is 172 Å². The van der Waals surface area contributed by atoms with Gasteiger partial charge in [0.25, 0.3) is 5.91 Å². The van der Waals surface area contributed by atoms with Crippen LogP contribution >= 0.6 is 0 Å². The number of piperidine rings is 1. The molecule has 2 aliphatic rings. The molecule has 1 amide bonds. The average Bonchev–Trinajstić information content (AvgIpc) is 3.11. The number of carbonyl (C=O) groups excluding carboxylic acids is 1. The molecule has 5 nitrogen and oxygen atoms in total. The van der Waals surface area contributed by atoms with Crippen LogP contribution in [0.2, 0.25) is 0 Å². The van der Waals surface area contributed by atoms with Crippen LogP contribution in [-0.2, 0) is 25.9 Å². The minimum atomic E-state index is -0.194. The van der Waals surface area contributed by atoms with Crippen LogP contribution in [0, 0.1) is 5.82 Å². The standard InChI is InChI=1S/C23H31FN4O/c1-2-12-28-22(23(29)27-13-4-3-5-14-27)20-17-26(16-11-21(20)25-28)15-10-18-6-8-19(24)9-7-18/h6-9H,2-5,10-17H2,1H3. The summed E-state index contributed by atoms with van der Waals surface area (Å²) in [6.45, 7) is 7.27. The summed E-state index contributed by atoms with van der Waals surface area (Å²) in [5.74, 6) is -0.0344. The van der Waals surface area contributed by atoms with Crippen molar-refractivity contribution >= 4 is 5.91 Å². The van der Waals surface area contributed by atoms with E-state index in [1.165, 1.54) is 18.6 Å². The van der Waals surface area contributed by atoms with E-state index in [2.05, 4.69) is 11.8 Å². The van der Waals surface area contributed by atoms with Gasteiger partial charge in [0, 0.05) is 51.3 Å². The second-order valence-electron chi connectivity index (χ2n) is 8.25. The third kappa shape index (κ3) is 4.53. The first-order valence-electron chi connectivity index (χ1n) is 11.0. The lowest BCUT2D eigenvalue weighted by Crippen LogP contribution is -2.38. The number of hydrogen-bond acceptors (Lipinski definition) is 3. The zero-order chi connectivity index (χ0) is 20.2. The lowest BCUT2D eigenvalue weighted by Gasteiger charge is -2.29. The van der Waals surface area contributed by atoms with Crippen molar-refractivity contribution in [3.05, 3.63) is 52.6 Å². The molecule has 2 aromatic rings. The molecule has 0 N–H and O–H groups in total. The van der Waals surface area contributed by atoms with E-state index >= 15 is 0 Å². The highest BCUT2D eigenvalue weighted by atomic mass is 19.1. The van der Waals surface area contributed by atoms with Gasteiger partial charge in [-0.05, 0) is 49.8 Å². The quantitative estimate of drug-likeness (QED) is 0.746. The number of rotatable bonds is 6. The molecule has 0 atom stereocenters. The second-order valence-corrected chi connectivity index (χ2v) is 8.25. The number of aromatic nitrogens is 2. The lowest BCUT2D eigenvalue weighted by atomic mass is 10.0. The van der Waals surface area contributed by atoms with Crippen LogP contribution in [-0.4, -0.2) is 51.7 Å². The molecule has 0 unspecified atom stereocenters. The van der Waals surface area contributed by atoms with E-state index in [4.69, 9.17) is 5.10 Å². The van der Waals surface area contributed by atoms with Crippen molar-refractivity contribution < 1.29 is 9.18 Å². The Morgan fingerprint density at radius 3 is 2.55 bits per heavy atom. The smallest absolute Gasteiger partial charge is 0.272 e. The Hall–Kier alpha value is -2.21. The molecular weight excluding hydrogens is 367 g/mol. The lowest BCUT2D eigenvalue weighted by molar-refractivity contribution is 0.0708. The van der Waals surface area contributed by atoms with Crippen LogP contribution in [0.3, 0.4) is 0 Å². The summed E-state index contributed by atoms with van der Waals surface area (Å²) >= 11 is 0. The molecule has 1 fully saturated rings. The van der Waals surface area contributed by atoms with Gasteiger partial charge in [-0.3, -0.25) is 14.4 Å². The van der Waals surface area contributed by atoms with Crippen molar-refractivity contribution in [2.45, 2.75) is 58.5 Å². The van der Waals surface area contributed by atoms with Crippen LogP contribution in [0.4, 0.5) is 4.39 Å².